The summed E-state index contributed by atoms with van der Waals surface area (Å²) in [6.45, 7) is 15.3. The topological polar surface area (TPSA) is 0 Å². The monoisotopic (exact) mass is 208 g/mol. The minimum atomic E-state index is 0.735. The van der Waals surface area contributed by atoms with E-state index in [1.165, 1.54) is 12.0 Å². The largest absolute Gasteiger partial charge is 0.100 e. The Bertz CT molecular complexity index is 200. The SMILES string of the molecule is C=C(C)CC(C)C(C)C(C=CCC)CC. The Balaban J connectivity index is 4.29. The zero-order valence-electron chi connectivity index (χ0n) is 11.2. The highest BCUT2D eigenvalue weighted by Gasteiger charge is 2.18. The number of rotatable bonds is 7. The number of hydrogen-bond donors (Lipinski definition) is 0. The first-order valence-corrected chi connectivity index (χ1v) is 6.33. The molecule has 0 amide bonds. The quantitative estimate of drug-likeness (QED) is 0.503. The summed E-state index contributed by atoms with van der Waals surface area (Å²) in [4.78, 5) is 0. The van der Waals surface area contributed by atoms with E-state index in [0.29, 0.717) is 0 Å². The molecule has 0 nitrogen and oxygen atoms in total. The molecule has 3 atom stereocenters. The molecule has 0 aliphatic rings. The maximum atomic E-state index is 4.01. The van der Waals surface area contributed by atoms with Gasteiger partial charge in [-0.15, -0.1) is 6.58 Å². The molecule has 0 spiro atoms. The van der Waals surface area contributed by atoms with Gasteiger partial charge in [-0.3, -0.25) is 0 Å². The van der Waals surface area contributed by atoms with E-state index in [4.69, 9.17) is 0 Å². The van der Waals surface area contributed by atoms with E-state index in [2.05, 4.69) is 53.3 Å². The van der Waals surface area contributed by atoms with Crippen LogP contribution in [0.25, 0.3) is 0 Å². The summed E-state index contributed by atoms with van der Waals surface area (Å²) >= 11 is 0. The Labute approximate surface area is 96.5 Å². The highest BCUT2D eigenvalue weighted by molar-refractivity contribution is 4.95. The van der Waals surface area contributed by atoms with Crippen LogP contribution >= 0.6 is 0 Å². The van der Waals surface area contributed by atoms with Crippen LogP contribution in [0.1, 0.15) is 53.9 Å². The molecule has 0 fully saturated rings. The average molecular weight is 208 g/mol. The van der Waals surface area contributed by atoms with E-state index in [-0.39, 0.29) is 0 Å². The third-order valence-electron chi connectivity index (χ3n) is 3.33. The first-order valence-electron chi connectivity index (χ1n) is 6.33. The standard InChI is InChI=1S/C15H28/c1-7-9-10-15(8-2)14(6)13(5)11-12(3)4/h9-10,13-15H,3,7-8,11H2,1-2,4-6H3. The predicted molar refractivity (Wildman–Crippen MR) is 71.0 cm³/mol. The lowest BCUT2D eigenvalue weighted by Gasteiger charge is -2.26. The third kappa shape index (κ3) is 5.81. The van der Waals surface area contributed by atoms with Gasteiger partial charge in [0.25, 0.3) is 0 Å². The highest BCUT2D eigenvalue weighted by atomic mass is 14.2. The van der Waals surface area contributed by atoms with Crippen molar-refractivity contribution in [3.63, 3.8) is 0 Å². The fraction of sp³-hybridized carbons (Fsp3) is 0.733. The van der Waals surface area contributed by atoms with Crippen molar-refractivity contribution in [1.82, 2.24) is 0 Å². The molecule has 0 N–H and O–H groups in total. The van der Waals surface area contributed by atoms with Gasteiger partial charge in [-0.25, -0.2) is 0 Å². The lowest BCUT2D eigenvalue weighted by atomic mass is 9.79. The lowest BCUT2D eigenvalue weighted by molar-refractivity contribution is 0.296. The highest BCUT2D eigenvalue weighted by Crippen LogP contribution is 2.28. The van der Waals surface area contributed by atoms with Crippen LogP contribution in [0, 0.1) is 17.8 Å². The van der Waals surface area contributed by atoms with Gasteiger partial charge in [0.1, 0.15) is 0 Å². The fourth-order valence-electron chi connectivity index (χ4n) is 2.15. The molecule has 15 heavy (non-hydrogen) atoms. The summed E-state index contributed by atoms with van der Waals surface area (Å²) in [5.74, 6) is 2.24. The second kappa shape index (κ2) is 7.73. The average Bonchev–Trinajstić information content (AvgIpc) is 2.17. The van der Waals surface area contributed by atoms with Crippen LogP contribution in [0.2, 0.25) is 0 Å². The Morgan fingerprint density at radius 2 is 1.87 bits per heavy atom. The van der Waals surface area contributed by atoms with Crippen LogP contribution in [0.5, 0.6) is 0 Å². The zero-order chi connectivity index (χ0) is 11.8. The van der Waals surface area contributed by atoms with Gasteiger partial charge >= 0.3 is 0 Å². The molecule has 0 heterocycles. The molecule has 0 bridgehead atoms. The van der Waals surface area contributed by atoms with E-state index in [1.54, 1.807) is 0 Å². The maximum Gasteiger partial charge on any atom is -0.0208 e. The second-order valence-electron chi connectivity index (χ2n) is 4.91. The molecule has 0 aromatic rings. The van der Waals surface area contributed by atoms with Gasteiger partial charge in [0.15, 0.2) is 0 Å². The van der Waals surface area contributed by atoms with Gasteiger partial charge in [-0.1, -0.05) is 45.4 Å². The van der Waals surface area contributed by atoms with E-state index in [9.17, 15) is 0 Å². The van der Waals surface area contributed by atoms with Gasteiger partial charge in [0.2, 0.25) is 0 Å². The molecule has 0 aliphatic heterocycles. The fourth-order valence-corrected chi connectivity index (χ4v) is 2.15. The summed E-state index contributed by atoms with van der Waals surface area (Å²) in [6, 6.07) is 0. The minimum Gasteiger partial charge on any atom is -0.100 e. The van der Waals surface area contributed by atoms with Gasteiger partial charge in [0.05, 0.1) is 0 Å². The van der Waals surface area contributed by atoms with Crippen LogP contribution in [0.3, 0.4) is 0 Å². The van der Waals surface area contributed by atoms with E-state index in [1.807, 2.05) is 0 Å². The maximum absolute atomic E-state index is 4.01. The first kappa shape index (κ1) is 14.5. The molecule has 88 valence electrons. The normalized spacial score (nSPS) is 17.7. The van der Waals surface area contributed by atoms with Crippen molar-refractivity contribution in [3.8, 4) is 0 Å². The molecule has 0 saturated carbocycles. The van der Waals surface area contributed by atoms with E-state index < -0.39 is 0 Å². The van der Waals surface area contributed by atoms with Crippen molar-refractivity contribution >= 4 is 0 Å². The van der Waals surface area contributed by atoms with E-state index >= 15 is 0 Å². The summed E-state index contributed by atoms with van der Waals surface area (Å²) < 4.78 is 0. The third-order valence-corrected chi connectivity index (χ3v) is 3.33. The summed E-state index contributed by atoms with van der Waals surface area (Å²) in [5.41, 5.74) is 1.31. The molecule has 0 aromatic carbocycles. The Morgan fingerprint density at radius 3 is 2.27 bits per heavy atom. The van der Waals surface area contributed by atoms with Crippen LogP contribution in [-0.2, 0) is 0 Å². The van der Waals surface area contributed by atoms with Crippen LogP contribution < -0.4 is 0 Å². The molecular formula is C15H28. The van der Waals surface area contributed by atoms with Crippen LogP contribution in [-0.4, -0.2) is 0 Å². The smallest absolute Gasteiger partial charge is 0.0208 e. The number of allylic oxidation sites excluding steroid dienone is 3. The Morgan fingerprint density at radius 1 is 1.27 bits per heavy atom. The molecule has 0 rings (SSSR count). The van der Waals surface area contributed by atoms with Crippen molar-refractivity contribution in [3.05, 3.63) is 24.3 Å². The number of hydrogen-bond acceptors (Lipinski definition) is 0. The Kier molecular flexibility index (Phi) is 7.46. The van der Waals surface area contributed by atoms with Crippen molar-refractivity contribution in [2.75, 3.05) is 0 Å². The van der Waals surface area contributed by atoms with Crippen molar-refractivity contribution in [2.24, 2.45) is 17.8 Å². The second-order valence-corrected chi connectivity index (χ2v) is 4.91. The van der Waals surface area contributed by atoms with Gasteiger partial charge in [-0.05, 0) is 43.9 Å². The molecule has 0 radical (unpaired) electrons. The summed E-state index contributed by atoms with van der Waals surface area (Å²) in [7, 11) is 0. The van der Waals surface area contributed by atoms with Crippen molar-refractivity contribution in [1.29, 1.82) is 0 Å². The van der Waals surface area contributed by atoms with Gasteiger partial charge in [0, 0.05) is 0 Å². The molecule has 0 heteroatoms. The summed E-state index contributed by atoms with van der Waals surface area (Å²) in [5, 5.41) is 0. The van der Waals surface area contributed by atoms with Gasteiger partial charge in [-0.2, -0.15) is 0 Å². The molecule has 0 saturated heterocycles. The minimum absolute atomic E-state index is 0.735. The van der Waals surface area contributed by atoms with Crippen molar-refractivity contribution in [2.45, 2.75) is 53.9 Å². The molecule has 3 unspecified atom stereocenters. The summed E-state index contributed by atoms with van der Waals surface area (Å²) in [6.07, 6.45) is 8.27. The predicted octanol–water partition coefficient (Wildman–Crippen LogP) is 5.22. The van der Waals surface area contributed by atoms with Crippen molar-refractivity contribution < 1.29 is 0 Å². The molecule has 0 aromatic heterocycles. The lowest BCUT2D eigenvalue weighted by Crippen LogP contribution is -2.17. The van der Waals surface area contributed by atoms with Gasteiger partial charge < -0.3 is 0 Å². The Hall–Kier alpha value is -0.520. The van der Waals surface area contributed by atoms with Crippen LogP contribution in [0.4, 0.5) is 0 Å². The molecular weight excluding hydrogens is 180 g/mol. The van der Waals surface area contributed by atoms with E-state index in [0.717, 1.165) is 30.6 Å². The first-order chi connectivity index (χ1) is 7.02. The van der Waals surface area contributed by atoms with Crippen LogP contribution in [0.15, 0.2) is 24.3 Å². The zero-order valence-corrected chi connectivity index (χ0v) is 11.2. The molecule has 0 aliphatic carbocycles.